The van der Waals surface area contributed by atoms with Crippen molar-refractivity contribution in [1.82, 2.24) is 5.32 Å². The van der Waals surface area contributed by atoms with Crippen LogP contribution in [-0.4, -0.2) is 19.1 Å². The third-order valence-corrected chi connectivity index (χ3v) is 5.19. The summed E-state index contributed by atoms with van der Waals surface area (Å²) in [5.74, 6) is 0. The van der Waals surface area contributed by atoms with Gasteiger partial charge < -0.3 is 10.2 Å². The van der Waals surface area contributed by atoms with Gasteiger partial charge in [-0.3, -0.25) is 0 Å². The van der Waals surface area contributed by atoms with Crippen molar-refractivity contribution in [3.05, 3.63) is 28.8 Å². The van der Waals surface area contributed by atoms with Gasteiger partial charge in [0, 0.05) is 36.4 Å². The highest BCUT2D eigenvalue weighted by Gasteiger charge is 2.22. The summed E-state index contributed by atoms with van der Waals surface area (Å²) >= 11 is 6.26. The summed E-state index contributed by atoms with van der Waals surface area (Å²) in [7, 11) is 2.25. The van der Waals surface area contributed by atoms with Gasteiger partial charge >= 0.3 is 0 Å². The number of halogens is 1. The van der Waals surface area contributed by atoms with Crippen LogP contribution in [0.3, 0.4) is 0 Å². The Balaban J connectivity index is 1.75. The van der Waals surface area contributed by atoms with Crippen molar-refractivity contribution < 1.29 is 0 Å². The van der Waals surface area contributed by atoms with Crippen LogP contribution in [0.5, 0.6) is 0 Å². The van der Waals surface area contributed by atoms with Crippen LogP contribution in [0.2, 0.25) is 5.02 Å². The number of nitrogens with one attached hydrogen (secondary N) is 1. The lowest BCUT2D eigenvalue weighted by Crippen LogP contribution is -2.32. The predicted octanol–water partition coefficient (Wildman–Crippen LogP) is 4.75. The highest BCUT2D eigenvalue weighted by Crippen LogP contribution is 2.30. The van der Waals surface area contributed by atoms with Crippen LogP contribution >= 0.6 is 11.6 Å². The molecule has 0 aromatic heterocycles. The highest BCUT2D eigenvalue weighted by molar-refractivity contribution is 6.30. The molecule has 2 aliphatic carbocycles. The maximum Gasteiger partial charge on any atom is 0.0426 e. The zero-order chi connectivity index (χ0) is 14.7. The lowest BCUT2D eigenvalue weighted by molar-refractivity contribution is 0.550. The molecule has 1 N–H and O–H groups in total. The van der Waals surface area contributed by atoms with Gasteiger partial charge in [0.2, 0.25) is 0 Å². The summed E-state index contributed by atoms with van der Waals surface area (Å²) in [6.45, 7) is 0.966. The standard InChI is InChI=1S/C18H27ClN2/c1-21(17-6-4-2-3-5-7-17)18-12-15(19)9-8-14(18)13-20-16-10-11-16/h8-9,12,16-17,20H,2-7,10-11,13H2,1H3. The van der Waals surface area contributed by atoms with E-state index in [-0.39, 0.29) is 0 Å². The second-order valence-electron chi connectivity index (χ2n) is 6.68. The lowest BCUT2D eigenvalue weighted by atomic mass is 10.0. The molecule has 0 radical (unpaired) electrons. The van der Waals surface area contributed by atoms with Gasteiger partial charge in [-0.05, 0) is 43.4 Å². The van der Waals surface area contributed by atoms with E-state index in [0.717, 1.165) is 17.6 Å². The number of hydrogen-bond donors (Lipinski definition) is 1. The number of hydrogen-bond acceptors (Lipinski definition) is 2. The molecule has 2 nitrogen and oxygen atoms in total. The average molecular weight is 307 g/mol. The minimum absolute atomic E-state index is 0.672. The van der Waals surface area contributed by atoms with Gasteiger partial charge in [-0.15, -0.1) is 0 Å². The topological polar surface area (TPSA) is 15.3 Å². The molecule has 0 spiro atoms. The molecule has 3 rings (SSSR count). The van der Waals surface area contributed by atoms with Crippen molar-refractivity contribution in [2.75, 3.05) is 11.9 Å². The van der Waals surface area contributed by atoms with E-state index < -0.39 is 0 Å². The van der Waals surface area contributed by atoms with Crippen LogP contribution < -0.4 is 10.2 Å². The molecule has 0 aliphatic heterocycles. The van der Waals surface area contributed by atoms with E-state index in [9.17, 15) is 0 Å². The van der Waals surface area contributed by atoms with Crippen LogP contribution in [0.1, 0.15) is 56.9 Å². The Morgan fingerprint density at radius 1 is 1.10 bits per heavy atom. The van der Waals surface area contributed by atoms with Crippen molar-refractivity contribution in [1.29, 1.82) is 0 Å². The first-order valence-electron chi connectivity index (χ1n) is 8.48. The fourth-order valence-electron chi connectivity index (χ4n) is 3.40. The monoisotopic (exact) mass is 306 g/mol. The van der Waals surface area contributed by atoms with E-state index in [1.165, 1.54) is 62.6 Å². The predicted molar refractivity (Wildman–Crippen MR) is 91.2 cm³/mol. The maximum absolute atomic E-state index is 6.26. The first-order valence-corrected chi connectivity index (χ1v) is 8.86. The van der Waals surface area contributed by atoms with Crippen molar-refractivity contribution in [3.63, 3.8) is 0 Å². The Kier molecular flexibility index (Phi) is 5.07. The summed E-state index contributed by atoms with van der Waals surface area (Å²) in [6, 6.07) is 7.79. The SMILES string of the molecule is CN(c1cc(Cl)ccc1CNC1CC1)C1CCCCCC1. The average Bonchev–Trinajstić information content (AvgIpc) is 3.32. The van der Waals surface area contributed by atoms with E-state index in [2.05, 4.69) is 29.4 Å². The van der Waals surface area contributed by atoms with Gasteiger partial charge in [0.05, 0.1) is 0 Å². The smallest absolute Gasteiger partial charge is 0.0426 e. The Labute approximate surface area is 133 Å². The van der Waals surface area contributed by atoms with E-state index in [4.69, 9.17) is 11.6 Å². The molecular formula is C18H27ClN2. The van der Waals surface area contributed by atoms with Crippen molar-refractivity contribution in [2.45, 2.75) is 70.0 Å². The molecule has 21 heavy (non-hydrogen) atoms. The molecule has 0 saturated heterocycles. The third kappa shape index (κ3) is 4.14. The van der Waals surface area contributed by atoms with E-state index in [1.54, 1.807) is 0 Å². The minimum Gasteiger partial charge on any atom is -0.371 e. The van der Waals surface area contributed by atoms with Crippen LogP contribution in [0, 0.1) is 0 Å². The van der Waals surface area contributed by atoms with Crippen molar-refractivity contribution in [2.24, 2.45) is 0 Å². The fraction of sp³-hybridized carbons (Fsp3) is 0.667. The molecule has 116 valence electrons. The largest absolute Gasteiger partial charge is 0.371 e. The molecule has 0 amide bonds. The van der Waals surface area contributed by atoms with Crippen LogP contribution in [0.25, 0.3) is 0 Å². The van der Waals surface area contributed by atoms with E-state index >= 15 is 0 Å². The molecule has 0 bridgehead atoms. The van der Waals surface area contributed by atoms with Gasteiger partial charge in [-0.2, -0.15) is 0 Å². The molecule has 2 saturated carbocycles. The van der Waals surface area contributed by atoms with E-state index in [0.29, 0.717) is 6.04 Å². The zero-order valence-corrected chi connectivity index (χ0v) is 13.8. The van der Waals surface area contributed by atoms with Gasteiger partial charge in [-0.1, -0.05) is 43.4 Å². The third-order valence-electron chi connectivity index (χ3n) is 4.96. The van der Waals surface area contributed by atoms with Crippen LogP contribution in [-0.2, 0) is 6.54 Å². The molecule has 2 fully saturated rings. The molecule has 2 aliphatic rings. The first kappa shape index (κ1) is 15.2. The second-order valence-corrected chi connectivity index (χ2v) is 7.12. The molecule has 0 heterocycles. The van der Waals surface area contributed by atoms with Gasteiger partial charge in [0.1, 0.15) is 0 Å². The number of anilines is 1. The number of nitrogens with zero attached hydrogens (tertiary/aromatic N) is 1. The number of benzene rings is 1. The fourth-order valence-corrected chi connectivity index (χ4v) is 3.56. The molecule has 0 atom stereocenters. The molecular weight excluding hydrogens is 280 g/mol. The van der Waals surface area contributed by atoms with E-state index in [1.807, 2.05) is 6.07 Å². The Morgan fingerprint density at radius 3 is 2.48 bits per heavy atom. The highest BCUT2D eigenvalue weighted by atomic mass is 35.5. The molecule has 1 aromatic rings. The maximum atomic E-state index is 6.26. The van der Waals surface area contributed by atoms with Crippen LogP contribution in [0.15, 0.2) is 18.2 Å². The van der Waals surface area contributed by atoms with Gasteiger partial charge in [-0.25, -0.2) is 0 Å². The Hall–Kier alpha value is -0.730. The quantitative estimate of drug-likeness (QED) is 0.790. The summed E-state index contributed by atoms with van der Waals surface area (Å²) in [6.07, 6.45) is 10.8. The number of rotatable bonds is 5. The lowest BCUT2D eigenvalue weighted by Gasteiger charge is -2.31. The van der Waals surface area contributed by atoms with Crippen molar-refractivity contribution in [3.8, 4) is 0 Å². The van der Waals surface area contributed by atoms with Crippen molar-refractivity contribution >= 4 is 17.3 Å². The minimum atomic E-state index is 0.672. The molecule has 3 heteroatoms. The van der Waals surface area contributed by atoms with Gasteiger partial charge in [0.25, 0.3) is 0 Å². The summed E-state index contributed by atoms with van der Waals surface area (Å²) in [5, 5.41) is 4.48. The van der Waals surface area contributed by atoms with Crippen LogP contribution in [0.4, 0.5) is 5.69 Å². The Bertz CT molecular complexity index is 462. The Morgan fingerprint density at radius 2 is 1.81 bits per heavy atom. The molecule has 0 unspecified atom stereocenters. The summed E-state index contributed by atoms with van der Waals surface area (Å²) < 4.78 is 0. The first-order chi connectivity index (χ1) is 10.2. The summed E-state index contributed by atoms with van der Waals surface area (Å²) in [5.41, 5.74) is 2.71. The molecule has 1 aromatic carbocycles. The normalized spacial score (nSPS) is 20.3. The zero-order valence-electron chi connectivity index (χ0n) is 13.1. The second kappa shape index (κ2) is 7.02. The summed E-state index contributed by atoms with van der Waals surface area (Å²) in [4.78, 5) is 2.49. The van der Waals surface area contributed by atoms with Gasteiger partial charge in [0.15, 0.2) is 0 Å².